The molecule has 1 atom stereocenters. The number of carbonyl (C=O) groups excluding carboxylic acids is 1. The first-order valence-electron chi connectivity index (χ1n) is 11.8. The average molecular weight is 454 g/mol. The Balaban J connectivity index is 1.34. The van der Waals surface area contributed by atoms with E-state index in [2.05, 4.69) is 22.3 Å². The Morgan fingerprint density at radius 2 is 1.85 bits per heavy atom. The summed E-state index contributed by atoms with van der Waals surface area (Å²) in [6, 6.07) is 12.1. The molecule has 0 radical (unpaired) electrons. The first-order chi connectivity index (χ1) is 16.1. The molecule has 0 aliphatic carbocycles. The number of nitrogens with one attached hydrogen (secondary N) is 1. The number of methoxy groups -OCH3 is 3. The third-order valence-corrected chi connectivity index (χ3v) is 6.72. The molecule has 0 saturated carbocycles. The van der Waals surface area contributed by atoms with Crippen LogP contribution in [0.5, 0.6) is 17.2 Å². The fraction of sp³-hybridized carbons (Fsp3) is 0.500. The lowest BCUT2D eigenvalue weighted by molar-refractivity contribution is 0.143. The Bertz CT molecular complexity index is 965. The molecule has 1 unspecified atom stereocenters. The molecule has 7 heteroatoms. The maximum Gasteiger partial charge on any atom is 0.321 e. The van der Waals surface area contributed by atoms with Crippen molar-refractivity contribution in [3.8, 4) is 17.2 Å². The van der Waals surface area contributed by atoms with Crippen LogP contribution in [0, 0.1) is 5.92 Å². The number of nitrogens with zero attached hydrogens (tertiary/aromatic N) is 2. The van der Waals surface area contributed by atoms with Gasteiger partial charge < -0.3 is 29.3 Å². The van der Waals surface area contributed by atoms with E-state index >= 15 is 0 Å². The van der Waals surface area contributed by atoms with E-state index in [0.29, 0.717) is 24.0 Å². The van der Waals surface area contributed by atoms with Crippen molar-refractivity contribution >= 4 is 11.7 Å². The van der Waals surface area contributed by atoms with Gasteiger partial charge in [0.15, 0.2) is 11.5 Å². The Morgan fingerprint density at radius 1 is 1.03 bits per heavy atom. The van der Waals surface area contributed by atoms with Gasteiger partial charge in [-0.1, -0.05) is 12.1 Å². The molecular formula is C26H35N3O4. The van der Waals surface area contributed by atoms with Crippen LogP contribution in [-0.2, 0) is 12.8 Å². The highest BCUT2D eigenvalue weighted by molar-refractivity contribution is 5.91. The summed E-state index contributed by atoms with van der Waals surface area (Å²) in [6.07, 6.45) is 4.13. The number of amides is 2. The number of fused-ring (bicyclic) bond motifs is 1. The van der Waals surface area contributed by atoms with Crippen LogP contribution in [0.3, 0.4) is 0 Å². The van der Waals surface area contributed by atoms with Crippen molar-refractivity contribution < 1.29 is 19.0 Å². The highest BCUT2D eigenvalue weighted by atomic mass is 16.5. The number of piperidine rings is 1. The predicted octanol–water partition coefficient (Wildman–Crippen LogP) is 4.06. The molecule has 7 nitrogen and oxygen atoms in total. The normalized spacial score (nSPS) is 18.8. The van der Waals surface area contributed by atoms with Gasteiger partial charge in [0.2, 0.25) is 0 Å². The summed E-state index contributed by atoms with van der Waals surface area (Å²) < 4.78 is 16.2. The standard InChI is InChI=1S/C26H35N3O4/c1-31-22-8-4-6-19(14-22)9-12-28-11-5-7-20(17-28)18-29-13-10-21-15-24(32-2)25(33-3)16-23(21)27-26(29)30/h4,6,8,14-16,20H,5,7,9-13,17-18H2,1-3H3,(H,27,30). The summed E-state index contributed by atoms with van der Waals surface area (Å²) >= 11 is 0. The molecule has 2 aliphatic heterocycles. The number of likely N-dealkylation sites (tertiary alicyclic amines) is 1. The van der Waals surface area contributed by atoms with Crippen molar-refractivity contribution in [1.82, 2.24) is 9.80 Å². The predicted molar refractivity (Wildman–Crippen MR) is 130 cm³/mol. The number of benzene rings is 2. The van der Waals surface area contributed by atoms with Gasteiger partial charge in [-0.05, 0) is 67.5 Å². The number of hydrogen-bond acceptors (Lipinski definition) is 5. The zero-order chi connectivity index (χ0) is 23.2. The van der Waals surface area contributed by atoms with Gasteiger partial charge in [-0.25, -0.2) is 4.79 Å². The van der Waals surface area contributed by atoms with Crippen LogP contribution >= 0.6 is 0 Å². The Labute approximate surface area is 196 Å². The molecule has 33 heavy (non-hydrogen) atoms. The van der Waals surface area contributed by atoms with Crippen molar-refractivity contribution in [3.63, 3.8) is 0 Å². The van der Waals surface area contributed by atoms with Crippen LogP contribution in [0.1, 0.15) is 24.0 Å². The van der Waals surface area contributed by atoms with Crippen LogP contribution in [0.4, 0.5) is 10.5 Å². The smallest absolute Gasteiger partial charge is 0.321 e. The van der Waals surface area contributed by atoms with Gasteiger partial charge in [-0.3, -0.25) is 0 Å². The average Bonchev–Trinajstić information content (AvgIpc) is 3.00. The monoisotopic (exact) mass is 453 g/mol. The number of anilines is 1. The lowest BCUT2D eigenvalue weighted by Crippen LogP contribution is -2.44. The van der Waals surface area contributed by atoms with E-state index in [-0.39, 0.29) is 6.03 Å². The minimum absolute atomic E-state index is 0.0329. The molecule has 2 aliphatic rings. The highest BCUT2D eigenvalue weighted by Gasteiger charge is 2.27. The second-order valence-electron chi connectivity index (χ2n) is 8.90. The van der Waals surface area contributed by atoms with E-state index in [1.165, 1.54) is 12.0 Å². The van der Waals surface area contributed by atoms with E-state index in [1.54, 1.807) is 21.3 Å². The summed E-state index contributed by atoms with van der Waals surface area (Å²) in [6.45, 7) is 4.67. The minimum atomic E-state index is -0.0329. The van der Waals surface area contributed by atoms with Crippen molar-refractivity contribution in [2.45, 2.75) is 25.7 Å². The largest absolute Gasteiger partial charge is 0.497 e. The summed E-state index contributed by atoms with van der Waals surface area (Å²) in [5, 5.41) is 3.08. The zero-order valence-corrected chi connectivity index (χ0v) is 19.9. The highest BCUT2D eigenvalue weighted by Crippen LogP contribution is 2.35. The van der Waals surface area contributed by atoms with E-state index in [0.717, 1.165) is 62.4 Å². The van der Waals surface area contributed by atoms with Gasteiger partial charge in [0.25, 0.3) is 0 Å². The van der Waals surface area contributed by atoms with E-state index in [1.807, 2.05) is 29.2 Å². The first-order valence-corrected chi connectivity index (χ1v) is 11.8. The van der Waals surface area contributed by atoms with Gasteiger partial charge in [-0.2, -0.15) is 0 Å². The molecule has 1 fully saturated rings. The van der Waals surface area contributed by atoms with E-state index in [9.17, 15) is 4.79 Å². The SMILES string of the molecule is COc1cccc(CCN2CCCC(CN3CCc4cc(OC)c(OC)cc4NC3=O)C2)c1. The summed E-state index contributed by atoms with van der Waals surface area (Å²) in [5.74, 6) is 2.72. The lowest BCUT2D eigenvalue weighted by Gasteiger charge is -2.35. The summed E-state index contributed by atoms with van der Waals surface area (Å²) in [4.78, 5) is 17.5. The third-order valence-electron chi connectivity index (χ3n) is 6.72. The fourth-order valence-corrected chi connectivity index (χ4v) is 4.90. The second kappa shape index (κ2) is 10.8. The molecule has 0 aromatic heterocycles. The van der Waals surface area contributed by atoms with E-state index < -0.39 is 0 Å². The zero-order valence-electron chi connectivity index (χ0n) is 19.9. The Hall–Kier alpha value is -2.93. The number of ether oxygens (including phenoxy) is 3. The molecule has 2 heterocycles. The quantitative estimate of drug-likeness (QED) is 0.653. The molecule has 1 saturated heterocycles. The van der Waals surface area contributed by atoms with Gasteiger partial charge in [0.05, 0.1) is 21.3 Å². The Kier molecular flexibility index (Phi) is 7.60. The van der Waals surface area contributed by atoms with Crippen molar-refractivity contribution in [1.29, 1.82) is 0 Å². The molecule has 2 amide bonds. The molecule has 2 aromatic carbocycles. The number of hydrogen-bond donors (Lipinski definition) is 1. The van der Waals surface area contributed by atoms with Gasteiger partial charge in [0, 0.05) is 37.9 Å². The van der Waals surface area contributed by atoms with Crippen molar-refractivity contribution in [2.75, 3.05) is 59.4 Å². The third kappa shape index (κ3) is 5.71. The van der Waals surface area contributed by atoms with E-state index in [4.69, 9.17) is 14.2 Å². The maximum atomic E-state index is 13.0. The van der Waals surface area contributed by atoms with Crippen LogP contribution in [0.2, 0.25) is 0 Å². The number of rotatable bonds is 8. The van der Waals surface area contributed by atoms with Crippen LogP contribution in [0.15, 0.2) is 36.4 Å². The molecule has 2 aromatic rings. The molecular weight excluding hydrogens is 418 g/mol. The Morgan fingerprint density at radius 3 is 2.64 bits per heavy atom. The van der Waals surface area contributed by atoms with Gasteiger partial charge in [-0.15, -0.1) is 0 Å². The fourth-order valence-electron chi connectivity index (χ4n) is 4.90. The van der Waals surface area contributed by atoms with Crippen LogP contribution in [0.25, 0.3) is 0 Å². The van der Waals surface area contributed by atoms with Crippen LogP contribution in [-0.4, -0.2) is 69.9 Å². The van der Waals surface area contributed by atoms with Gasteiger partial charge in [0.1, 0.15) is 5.75 Å². The molecule has 1 N–H and O–H groups in total. The molecule has 0 spiro atoms. The maximum absolute atomic E-state index is 13.0. The molecule has 4 rings (SSSR count). The number of urea groups is 1. The van der Waals surface area contributed by atoms with Crippen molar-refractivity contribution in [2.24, 2.45) is 5.92 Å². The second-order valence-corrected chi connectivity index (χ2v) is 8.90. The van der Waals surface area contributed by atoms with Crippen LogP contribution < -0.4 is 19.5 Å². The first kappa shape index (κ1) is 23.2. The van der Waals surface area contributed by atoms with Gasteiger partial charge >= 0.3 is 6.03 Å². The molecule has 0 bridgehead atoms. The summed E-state index contributed by atoms with van der Waals surface area (Å²) in [7, 11) is 4.95. The lowest BCUT2D eigenvalue weighted by atomic mass is 9.96. The number of carbonyl (C=O) groups is 1. The minimum Gasteiger partial charge on any atom is -0.497 e. The summed E-state index contributed by atoms with van der Waals surface area (Å²) in [5.41, 5.74) is 3.18. The molecule has 178 valence electrons. The van der Waals surface area contributed by atoms with Crippen molar-refractivity contribution in [3.05, 3.63) is 47.5 Å². The topological polar surface area (TPSA) is 63.3 Å².